The van der Waals surface area contributed by atoms with Crippen molar-refractivity contribution in [3.05, 3.63) is 29.5 Å². The van der Waals surface area contributed by atoms with E-state index in [4.69, 9.17) is 4.42 Å². The number of aromatic nitrogens is 1. The minimum Gasteiger partial charge on any atom is -0.462 e. The van der Waals surface area contributed by atoms with Crippen LogP contribution in [0.2, 0.25) is 0 Å². The standard InChI is InChI=1S/C15H20N2O3S/c1-3-6-15(2,19)10-16-13(18)8-11-9-21-14(17-11)12-5-4-7-20-12/h4-5,7,9,19H,3,6,8,10H2,1-2H3,(H,16,18). The van der Waals surface area contributed by atoms with Crippen molar-refractivity contribution in [1.29, 1.82) is 0 Å². The van der Waals surface area contributed by atoms with E-state index in [2.05, 4.69) is 10.3 Å². The quantitative estimate of drug-likeness (QED) is 0.824. The Hall–Kier alpha value is -1.66. The number of aliphatic hydroxyl groups is 1. The van der Waals surface area contributed by atoms with Crippen LogP contribution in [0.15, 0.2) is 28.2 Å². The van der Waals surface area contributed by atoms with E-state index in [1.165, 1.54) is 11.3 Å². The molecule has 0 aliphatic rings. The molecule has 2 rings (SSSR count). The first kappa shape index (κ1) is 15.7. The summed E-state index contributed by atoms with van der Waals surface area (Å²) in [7, 11) is 0. The molecule has 0 aromatic carbocycles. The monoisotopic (exact) mass is 308 g/mol. The Balaban J connectivity index is 1.86. The number of furan rings is 1. The molecule has 0 radical (unpaired) electrons. The number of rotatable bonds is 7. The number of amides is 1. The van der Waals surface area contributed by atoms with Gasteiger partial charge in [-0.25, -0.2) is 4.98 Å². The van der Waals surface area contributed by atoms with E-state index in [1.54, 1.807) is 19.3 Å². The van der Waals surface area contributed by atoms with Crippen LogP contribution in [0.25, 0.3) is 10.8 Å². The van der Waals surface area contributed by atoms with Crippen molar-refractivity contribution in [2.24, 2.45) is 0 Å². The van der Waals surface area contributed by atoms with Crippen LogP contribution in [0.1, 0.15) is 32.4 Å². The molecule has 1 atom stereocenters. The zero-order valence-corrected chi connectivity index (χ0v) is 13.1. The predicted molar refractivity (Wildman–Crippen MR) is 82.1 cm³/mol. The van der Waals surface area contributed by atoms with E-state index in [-0.39, 0.29) is 18.9 Å². The van der Waals surface area contributed by atoms with Gasteiger partial charge in [0, 0.05) is 11.9 Å². The topological polar surface area (TPSA) is 75.4 Å². The lowest BCUT2D eigenvalue weighted by molar-refractivity contribution is -0.121. The molecule has 0 fully saturated rings. The first-order chi connectivity index (χ1) is 10.00. The second kappa shape index (κ2) is 6.87. The predicted octanol–water partition coefficient (Wildman–Crippen LogP) is 2.61. The maximum Gasteiger partial charge on any atom is 0.226 e. The number of hydrogen-bond donors (Lipinski definition) is 2. The highest BCUT2D eigenvalue weighted by Crippen LogP contribution is 2.24. The van der Waals surface area contributed by atoms with Gasteiger partial charge in [0.15, 0.2) is 10.8 Å². The van der Waals surface area contributed by atoms with Gasteiger partial charge in [-0.15, -0.1) is 11.3 Å². The van der Waals surface area contributed by atoms with Gasteiger partial charge in [0.1, 0.15) is 0 Å². The van der Waals surface area contributed by atoms with Crippen LogP contribution in [0.5, 0.6) is 0 Å². The molecule has 114 valence electrons. The first-order valence-corrected chi connectivity index (χ1v) is 7.85. The van der Waals surface area contributed by atoms with Gasteiger partial charge < -0.3 is 14.8 Å². The second-order valence-corrected chi connectivity index (χ2v) is 6.18. The molecule has 1 unspecified atom stereocenters. The minimum atomic E-state index is -0.855. The van der Waals surface area contributed by atoms with E-state index in [0.717, 1.165) is 11.4 Å². The molecule has 2 aromatic rings. The van der Waals surface area contributed by atoms with Gasteiger partial charge >= 0.3 is 0 Å². The Morgan fingerprint density at radius 3 is 3.05 bits per heavy atom. The van der Waals surface area contributed by atoms with E-state index >= 15 is 0 Å². The molecule has 2 aromatic heterocycles. The van der Waals surface area contributed by atoms with Gasteiger partial charge in [0.05, 0.1) is 24.0 Å². The largest absolute Gasteiger partial charge is 0.462 e. The summed E-state index contributed by atoms with van der Waals surface area (Å²) in [5, 5.41) is 15.4. The highest BCUT2D eigenvalue weighted by molar-refractivity contribution is 7.13. The van der Waals surface area contributed by atoms with Crippen LogP contribution in [-0.4, -0.2) is 28.1 Å². The number of carbonyl (C=O) groups is 1. The molecule has 21 heavy (non-hydrogen) atoms. The average molecular weight is 308 g/mol. The Labute approximate surface area is 128 Å². The summed E-state index contributed by atoms with van der Waals surface area (Å²) in [6, 6.07) is 3.64. The van der Waals surface area contributed by atoms with Crippen LogP contribution < -0.4 is 5.32 Å². The van der Waals surface area contributed by atoms with E-state index in [1.807, 2.05) is 18.4 Å². The van der Waals surface area contributed by atoms with Crippen molar-refractivity contribution in [1.82, 2.24) is 10.3 Å². The number of thiazole rings is 1. The average Bonchev–Trinajstić information content (AvgIpc) is 3.06. The third-order valence-corrected chi connectivity index (χ3v) is 3.99. The molecule has 0 aliphatic carbocycles. The maximum absolute atomic E-state index is 11.9. The zero-order valence-electron chi connectivity index (χ0n) is 12.3. The molecular weight excluding hydrogens is 288 g/mol. The maximum atomic E-state index is 11.9. The summed E-state index contributed by atoms with van der Waals surface area (Å²) in [5.74, 6) is 0.570. The molecule has 0 spiro atoms. The van der Waals surface area contributed by atoms with Gasteiger partial charge in [0.25, 0.3) is 0 Å². The molecule has 2 heterocycles. The van der Waals surface area contributed by atoms with E-state index < -0.39 is 5.60 Å². The SMILES string of the molecule is CCCC(C)(O)CNC(=O)Cc1csc(-c2ccco2)n1. The lowest BCUT2D eigenvalue weighted by Gasteiger charge is -2.22. The third kappa shape index (κ3) is 4.68. The van der Waals surface area contributed by atoms with Crippen molar-refractivity contribution >= 4 is 17.2 Å². The fourth-order valence-corrected chi connectivity index (χ4v) is 2.83. The van der Waals surface area contributed by atoms with Crippen LogP contribution in [0.3, 0.4) is 0 Å². The van der Waals surface area contributed by atoms with Crippen LogP contribution >= 0.6 is 11.3 Å². The van der Waals surface area contributed by atoms with Crippen LogP contribution in [-0.2, 0) is 11.2 Å². The van der Waals surface area contributed by atoms with Gasteiger partial charge in [0.2, 0.25) is 5.91 Å². The highest BCUT2D eigenvalue weighted by Gasteiger charge is 2.20. The molecule has 5 nitrogen and oxygen atoms in total. The summed E-state index contributed by atoms with van der Waals surface area (Å²) in [5.41, 5.74) is -0.148. The fourth-order valence-electron chi connectivity index (χ4n) is 2.04. The van der Waals surface area contributed by atoms with Crippen molar-refractivity contribution in [2.75, 3.05) is 6.54 Å². The van der Waals surface area contributed by atoms with Gasteiger partial charge in [-0.2, -0.15) is 0 Å². The molecule has 1 amide bonds. The molecule has 0 saturated heterocycles. The van der Waals surface area contributed by atoms with Crippen LogP contribution in [0.4, 0.5) is 0 Å². The number of nitrogens with one attached hydrogen (secondary N) is 1. The first-order valence-electron chi connectivity index (χ1n) is 6.97. The van der Waals surface area contributed by atoms with Crippen molar-refractivity contribution in [3.63, 3.8) is 0 Å². The minimum absolute atomic E-state index is 0.136. The van der Waals surface area contributed by atoms with Gasteiger partial charge in [-0.3, -0.25) is 4.79 Å². The summed E-state index contributed by atoms with van der Waals surface area (Å²) in [6.45, 7) is 3.99. The van der Waals surface area contributed by atoms with Crippen LogP contribution in [0, 0.1) is 0 Å². The highest BCUT2D eigenvalue weighted by atomic mass is 32.1. The molecule has 0 saturated carbocycles. The van der Waals surface area contributed by atoms with Crippen molar-refractivity contribution < 1.29 is 14.3 Å². The molecule has 0 bridgehead atoms. The van der Waals surface area contributed by atoms with E-state index in [9.17, 15) is 9.90 Å². The Bertz CT molecular complexity index is 576. The number of carbonyl (C=O) groups excluding carboxylic acids is 1. The lowest BCUT2D eigenvalue weighted by atomic mass is 10.0. The molecule has 6 heteroatoms. The Morgan fingerprint density at radius 2 is 2.38 bits per heavy atom. The number of nitrogens with zero attached hydrogens (tertiary/aromatic N) is 1. The van der Waals surface area contributed by atoms with Crippen molar-refractivity contribution in [3.8, 4) is 10.8 Å². The lowest BCUT2D eigenvalue weighted by Crippen LogP contribution is -2.41. The van der Waals surface area contributed by atoms with Gasteiger partial charge in [-0.1, -0.05) is 13.3 Å². The van der Waals surface area contributed by atoms with E-state index in [0.29, 0.717) is 17.9 Å². The molecular formula is C15H20N2O3S. The fraction of sp³-hybridized carbons (Fsp3) is 0.467. The second-order valence-electron chi connectivity index (χ2n) is 5.32. The molecule has 0 aliphatic heterocycles. The normalized spacial score (nSPS) is 13.9. The Morgan fingerprint density at radius 1 is 1.57 bits per heavy atom. The smallest absolute Gasteiger partial charge is 0.226 e. The summed E-state index contributed by atoms with van der Waals surface area (Å²) in [4.78, 5) is 16.3. The Kier molecular flexibility index (Phi) is 5.14. The summed E-state index contributed by atoms with van der Waals surface area (Å²) in [6.07, 6.45) is 3.34. The third-order valence-electron chi connectivity index (χ3n) is 3.08. The van der Waals surface area contributed by atoms with Gasteiger partial charge in [-0.05, 0) is 25.5 Å². The summed E-state index contributed by atoms with van der Waals surface area (Å²) >= 11 is 1.45. The zero-order chi connectivity index (χ0) is 15.3. The van der Waals surface area contributed by atoms with Crippen molar-refractivity contribution in [2.45, 2.75) is 38.7 Å². The summed E-state index contributed by atoms with van der Waals surface area (Å²) < 4.78 is 5.27. The molecule has 2 N–H and O–H groups in total. The number of hydrogen-bond acceptors (Lipinski definition) is 5.